The summed E-state index contributed by atoms with van der Waals surface area (Å²) in [5.41, 5.74) is -0.400. The van der Waals surface area contributed by atoms with Gasteiger partial charge < -0.3 is 19.1 Å². The average molecular weight is 551 g/mol. The van der Waals surface area contributed by atoms with Crippen LogP contribution in [0.5, 0.6) is 0 Å². The zero-order chi connectivity index (χ0) is 27.8. The second-order valence-corrected chi connectivity index (χ2v) is 13.5. The first-order valence-corrected chi connectivity index (χ1v) is 15.5. The molecule has 214 valence electrons. The fourth-order valence-corrected chi connectivity index (χ4v) is 6.48. The molecule has 1 amide bonds. The number of benzene rings is 1. The number of carbonyl (C=O) groups excluding carboxylic acids is 1. The van der Waals surface area contributed by atoms with Gasteiger partial charge in [0.1, 0.15) is 5.60 Å². The number of carbonyl (C=O) groups is 1. The molecule has 1 saturated carbocycles. The molecular weight excluding hydrogens is 504 g/mol. The van der Waals surface area contributed by atoms with Crippen LogP contribution in [0.4, 0.5) is 4.79 Å². The van der Waals surface area contributed by atoms with E-state index in [4.69, 9.17) is 14.2 Å². The van der Waals surface area contributed by atoms with Crippen molar-refractivity contribution >= 4 is 16.1 Å². The number of hydrogen-bond acceptors (Lipinski definition) is 6. The van der Waals surface area contributed by atoms with E-state index in [-0.39, 0.29) is 24.6 Å². The van der Waals surface area contributed by atoms with Crippen LogP contribution in [0.3, 0.4) is 0 Å². The van der Waals surface area contributed by atoms with E-state index in [0.29, 0.717) is 32.4 Å². The van der Waals surface area contributed by atoms with Gasteiger partial charge in [-0.25, -0.2) is 17.9 Å². The van der Waals surface area contributed by atoms with Gasteiger partial charge in [0, 0.05) is 6.54 Å². The van der Waals surface area contributed by atoms with E-state index in [1.54, 1.807) is 17.9 Å². The van der Waals surface area contributed by atoms with Crippen LogP contribution in [-0.4, -0.2) is 67.7 Å². The van der Waals surface area contributed by atoms with Gasteiger partial charge in [0.15, 0.2) is 0 Å². The number of rotatable bonds is 11. The Labute approximate surface area is 229 Å². The van der Waals surface area contributed by atoms with Crippen molar-refractivity contribution < 1.29 is 27.4 Å². The predicted octanol–water partition coefficient (Wildman–Crippen LogP) is 5.18. The molecule has 0 aromatic heterocycles. The Balaban J connectivity index is 1.69. The molecule has 38 heavy (non-hydrogen) atoms. The van der Waals surface area contributed by atoms with Crippen LogP contribution >= 0.6 is 0 Å². The third-order valence-corrected chi connectivity index (χ3v) is 8.83. The van der Waals surface area contributed by atoms with Crippen molar-refractivity contribution in [3.63, 3.8) is 0 Å². The molecule has 1 aromatic carbocycles. The SMILES string of the molecule is C=CC[C@]1(NS(=O)(=O)CC)CCCN(C(=O)OC(C)(C)C)[C@H]1COC1CCC(OCc2ccccc2)CC1. The Morgan fingerprint density at radius 3 is 2.34 bits per heavy atom. The number of hydrogen-bond donors (Lipinski definition) is 1. The van der Waals surface area contributed by atoms with Crippen LogP contribution in [0, 0.1) is 0 Å². The molecule has 1 aliphatic heterocycles. The number of piperidine rings is 1. The lowest BCUT2D eigenvalue weighted by Crippen LogP contribution is -2.68. The summed E-state index contributed by atoms with van der Waals surface area (Å²) in [5.74, 6) is -0.0428. The van der Waals surface area contributed by atoms with Gasteiger partial charge in [-0.1, -0.05) is 36.4 Å². The van der Waals surface area contributed by atoms with E-state index in [1.807, 2.05) is 39.0 Å². The van der Waals surface area contributed by atoms with Crippen molar-refractivity contribution in [3.8, 4) is 0 Å². The molecule has 3 rings (SSSR count). The maximum atomic E-state index is 13.3. The maximum absolute atomic E-state index is 13.3. The van der Waals surface area contributed by atoms with Crippen LogP contribution in [-0.2, 0) is 30.8 Å². The topological polar surface area (TPSA) is 94.2 Å². The normalized spacial score (nSPS) is 26.6. The van der Waals surface area contributed by atoms with E-state index in [0.717, 1.165) is 25.7 Å². The molecule has 0 radical (unpaired) electrons. The maximum Gasteiger partial charge on any atom is 0.410 e. The summed E-state index contributed by atoms with van der Waals surface area (Å²) in [7, 11) is -3.55. The van der Waals surface area contributed by atoms with Gasteiger partial charge in [-0.15, -0.1) is 6.58 Å². The Morgan fingerprint density at radius 2 is 1.76 bits per heavy atom. The fourth-order valence-electron chi connectivity index (χ4n) is 5.39. The number of ether oxygens (including phenoxy) is 3. The van der Waals surface area contributed by atoms with Gasteiger partial charge in [-0.2, -0.15) is 0 Å². The number of nitrogens with zero attached hydrogens (tertiary/aromatic N) is 1. The highest BCUT2D eigenvalue weighted by Gasteiger charge is 2.49. The molecule has 1 aromatic rings. The summed E-state index contributed by atoms with van der Waals surface area (Å²) in [6.07, 6.45) is 6.63. The Morgan fingerprint density at radius 1 is 1.13 bits per heavy atom. The first-order chi connectivity index (χ1) is 18.0. The molecule has 8 nitrogen and oxygen atoms in total. The minimum Gasteiger partial charge on any atom is -0.444 e. The smallest absolute Gasteiger partial charge is 0.410 e. The van der Waals surface area contributed by atoms with Crippen molar-refractivity contribution in [1.82, 2.24) is 9.62 Å². The summed E-state index contributed by atoms with van der Waals surface area (Å²) >= 11 is 0. The molecule has 1 aliphatic carbocycles. The van der Waals surface area contributed by atoms with E-state index in [1.165, 1.54) is 5.56 Å². The molecule has 1 saturated heterocycles. The van der Waals surface area contributed by atoms with Crippen molar-refractivity contribution in [3.05, 3.63) is 48.6 Å². The van der Waals surface area contributed by atoms with Crippen LogP contribution < -0.4 is 4.72 Å². The molecule has 2 fully saturated rings. The van der Waals surface area contributed by atoms with Crippen LogP contribution in [0.15, 0.2) is 43.0 Å². The monoisotopic (exact) mass is 550 g/mol. The zero-order valence-electron chi connectivity index (χ0n) is 23.5. The van der Waals surface area contributed by atoms with Gasteiger partial charge in [-0.3, -0.25) is 0 Å². The molecule has 1 heterocycles. The van der Waals surface area contributed by atoms with Gasteiger partial charge in [0.2, 0.25) is 10.0 Å². The number of likely N-dealkylation sites (tertiary alicyclic amines) is 1. The molecule has 9 heteroatoms. The second-order valence-electron chi connectivity index (χ2n) is 11.5. The highest BCUT2D eigenvalue weighted by atomic mass is 32.2. The molecule has 1 N–H and O–H groups in total. The molecular formula is C29H46N2O6S. The standard InChI is InChI=1S/C29H46N2O6S/c1-6-18-29(30-38(33,34)7-2)19-11-20-31(27(32)37-28(3,4)5)26(29)22-36-25-16-14-24(15-17-25)35-21-23-12-9-8-10-13-23/h6,8-10,12-13,24-26,30H,1,7,11,14-22H2,2-5H3/t24?,25?,26-,29-/m0/s1. The molecule has 2 atom stereocenters. The highest BCUT2D eigenvalue weighted by molar-refractivity contribution is 7.89. The van der Waals surface area contributed by atoms with E-state index in [2.05, 4.69) is 23.4 Å². The Kier molecular flexibility index (Phi) is 10.8. The summed E-state index contributed by atoms with van der Waals surface area (Å²) in [5, 5.41) is 0. The second kappa shape index (κ2) is 13.4. The lowest BCUT2D eigenvalue weighted by atomic mass is 9.79. The summed E-state index contributed by atoms with van der Waals surface area (Å²) in [6, 6.07) is 9.65. The van der Waals surface area contributed by atoms with Gasteiger partial charge in [-0.05, 0) is 78.2 Å². The van der Waals surface area contributed by atoms with Crippen molar-refractivity contribution in [2.24, 2.45) is 0 Å². The number of sulfonamides is 1. The van der Waals surface area contributed by atoms with Crippen molar-refractivity contribution in [2.45, 2.75) is 109 Å². The lowest BCUT2D eigenvalue weighted by Gasteiger charge is -2.50. The molecule has 0 spiro atoms. The van der Waals surface area contributed by atoms with E-state index >= 15 is 0 Å². The molecule has 0 bridgehead atoms. The van der Waals surface area contributed by atoms with Crippen molar-refractivity contribution in [2.75, 3.05) is 18.9 Å². The minimum absolute atomic E-state index is 0.0261. The number of nitrogens with one attached hydrogen (secondary N) is 1. The highest BCUT2D eigenvalue weighted by Crippen LogP contribution is 2.35. The van der Waals surface area contributed by atoms with Gasteiger partial charge in [0.25, 0.3) is 0 Å². The van der Waals surface area contributed by atoms with Crippen LogP contribution in [0.25, 0.3) is 0 Å². The fraction of sp³-hybridized carbons (Fsp3) is 0.690. The Hall–Kier alpha value is -1.94. The van der Waals surface area contributed by atoms with E-state index < -0.39 is 33.3 Å². The summed E-state index contributed by atoms with van der Waals surface area (Å²) in [6.45, 7) is 12.3. The largest absolute Gasteiger partial charge is 0.444 e. The first-order valence-electron chi connectivity index (χ1n) is 13.9. The van der Waals surface area contributed by atoms with E-state index in [9.17, 15) is 13.2 Å². The summed E-state index contributed by atoms with van der Waals surface area (Å²) in [4.78, 5) is 14.9. The molecule has 0 unspecified atom stereocenters. The van der Waals surface area contributed by atoms with Crippen molar-refractivity contribution in [1.29, 1.82) is 0 Å². The third-order valence-electron chi connectivity index (χ3n) is 7.35. The Bertz CT molecular complexity index is 1000. The predicted molar refractivity (Wildman–Crippen MR) is 149 cm³/mol. The van der Waals surface area contributed by atoms with Gasteiger partial charge >= 0.3 is 6.09 Å². The van der Waals surface area contributed by atoms with Gasteiger partial charge in [0.05, 0.1) is 42.8 Å². The minimum atomic E-state index is -3.55. The number of amides is 1. The first kappa shape index (κ1) is 30.6. The van der Waals surface area contributed by atoms with Crippen LogP contribution in [0.1, 0.15) is 78.2 Å². The zero-order valence-corrected chi connectivity index (χ0v) is 24.3. The molecule has 2 aliphatic rings. The van der Waals surface area contributed by atoms with Crippen LogP contribution in [0.2, 0.25) is 0 Å². The summed E-state index contributed by atoms with van der Waals surface area (Å²) < 4.78 is 46.7. The quantitative estimate of drug-likeness (QED) is 0.382. The third kappa shape index (κ3) is 8.79. The average Bonchev–Trinajstić information content (AvgIpc) is 2.87. The lowest BCUT2D eigenvalue weighted by molar-refractivity contribution is -0.0715.